The van der Waals surface area contributed by atoms with E-state index in [2.05, 4.69) is 10.3 Å². The number of non-ortho nitro benzene ring substituents is 1. The highest BCUT2D eigenvalue weighted by molar-refractivity contribution is 5.99. The smallest absolute Gasteiger partial charge is 0.335 e. The molecule has 0 saturated carbocycles. The molecule has 23 heavy (non-hydrogen) atoms. The molecule has 0 radical (unpaired) electrons. The van der Waals surface area contributed by atoms with Crippen LogP contribution in [-0.4, -0.2) is 26.1 Å². The topological polar surface area (TPSA) is 128 Å². The Morgan fingerprint density at radius 1 is 1.22 bits per heavy atom. The Morgan fingerprint density at radius 3 is 2.70 bits per heavy atom. The van der Waals surface area contributed by atoms with Gasteiger partial charge in [-0.2, -0.15) is 0 Å². The molecule has 1 aromatic heterocycles. The van der Waals surface area contributed by atoms with Gasteiger partial charge in [-0.05, 0) is 24.3 Å². The molecule has 0 amide bonds. The van der Waals surface area contributed by atoms with E-state index in [1.54, 1.807) is 12.1 Å². The lowest BCUT2D eigenvalue weighted by molar-refractivity contribution is -0.384. The van der Waals surface area contributed by atoms with Crippen LogP contribution < -0.4 is 5.32 Å². The number of anilines is 2. The normalized spacial score (nSPS) is 10.6. The predicted octanol–water partition coefficient (Wildman–Crippen LogP) is 3.22. The Kier molecular flexibility index (Phi) is 3.34. The lowest BCUT2D eigenvalue weighted by Gasteiger charge is -2.06. The largest absolute Gasteiger partial charge is 0.493 e. The quantitative estimate of drug-likeness (QED) is 0.432. The van der Waals surface area contributed by atoms with Crippen molar-refractivity contribution < 1.29 is 19.9 Å². The van der Waals surface area contributed by atoms with Gasteiger partial charge in [-0.3, -0.25) is 10.1 Å². The Bertz CT molecular complexity index is 932. The van der Waals surface area contributed by atoms with Crippen LogP contribution in [0.1, 0.15) is 10.4 Å². The van der Waals surface area contributed by atoms with Crippen molar-refractivity contribution in [3.05, 3.63) is 58.1 Å². The molecule has 0 unspecified atom stereocenters. The number of carboxylic acid groups (broad SMARTS) is 1. The number of carbonyl (C=O) groups is 1. The zero-order chi connectivity index (χ0) is 16.6. The number of aromatic carboxylic acids is 1. The van der Waals surface area contributed by atoms with E-state index in [1.807, 2.05) is 0 Å². The standard InChI is InChI=1S/C15H11N3O5/c19-14-13(16-9-3-1-2-8(6-9)15(20)21)11-7-10(18(22)23)4-5-12(11)17-14/h1-7,16-17,19H,(H,20,21). The van der Waals surface area contributed by atoms with Gasteiger partial charge in [0, 0.05) is 23.2 Å². The van der Waals surface area contributed by atoms with Crippen molar-refractivity contribution in [2.45, 2.75) is 0 Å². The molecular weight excluding hydrogens is 302 g/mol. The highest BCUT2D eigenvalue weighted by atomic mass is 16.6. The number of fused-ring (bicyclic) bond motifs is 1. The number of nitro groups is 1. The zero-order valence-corrected chi connectivity index (χ0v) is 11.6. The van der Waals surface area contributed by atoms with E-state index in [-0.39, 0.29) is 22.8 Å². The van der Waals surface area contributed by atoms with E-state index in [9.17, 15) is 20.0 Å². The SMILES string of the molecule is O=C(O)c1cccc(Nc2c(O)[nH]c3ccc([N+](=O)[O-])cc23)c1. The number of nitrogens with zero attached hydrogens (tertiary/aromatic N) is 1. The number of aromatic nitrogens is 1. The summed E-state index contributed by atoms with van der Waals surface area (Å²) in [4.78, 5) is 24.1. The number of rotatable bonds is 4. The number of aromatic hydroxyl groups is 1. The van der Waals surface area contributed by atoms with Crippen molar-refractivity contribution in [3.63, 3.8) is 0 Å². The van der Waals surface area contributed by atoms with E-state index in [0.29, 0.717) is 16.6 Å². The minimum atomic E-state index is -1.08. The summed E-state index contributed by atoms with van der Waals surface area (Å²) in [5.41, 5.74) is 1.17. The molecule has 0 aliphatic heterocycles. The number of H-pyrrole nitrogens is 1. The first-order chi connectivity index (χ1) is 11.0. The summed E-state index contributed by atoms with van der Waals surface area (Å²) in [6, 6.07) is 10.2. The van der Waals surface area contributed by atoms with Crippen LogP contribution in [0.2, 0.25) is 0 Å². The molecule has 0 fully saturated rings. The van der Waals surface area contributed by atoms with Crippen LogP contribution in [0.3, 0.4) is 0 Å². The molecule has 2 aromatic carbocycles. The van der Waals surface area contributed by atoms with E-state index in [1.165, 1.54) is 30.3 Å². The number of aromatic amines is 1. The molecule has 8 heteroatoms. The predicted molar refractivity (Wildman–Crippen MR) is 83.3 cm³/mol. The molecule has 1 heterocycles. The fraction of sp³-hybridized carbons (Fsp3) is 0. The summed E-state index contributed by atoms with van der Waals surface area (Å²) in [6.45, 7) is 0. The summed E-state index contributed by atoms with van der Waals surface area (Å²) in [5.74, 6) is -1.27. The van der Waals surface area contributed by atoms with Gasteiger partial charge in [0.15, 0.2) is 0 Å². The van der Waals surface area contributed by atoms with Crippen molar-refractivity contribution in [1.82, 2.24) is 4.98 Å². The summed E-state index contributed by atoms with van der Waals surface area (Å²) in [6.07, 6.45) is 0. The first kappa shape index (κ1) is 14.4. The van der Waals surface area contributed by atoms with Crippen LogP contribution in [-0.2, 0) is 0 Å². The monoisotopic (exact) mass is 313 g/mol. The van der Waals surface area contributed by atoms with Gasteiger partial charge in [0.2, 0.25) is 5.88 Å². The molecular formula is C15H11N3O5. The Morgan fingerprint density at radius 2 is 2.00 bits per heavy atom. The van der Waals surface area contributed by atoms with Gasteiger partial charge in [-0.1, -0.05) is 6.07 Å². The lowest BCUT2D eigenvalue weighted by Crippen LogP contribution is -1.97. The summed E-state index contributed by atoms with van der Waals surface area (Å²) in [7, 11) is 0. The number of nitrogens with one attached hydrogen (secondary N) is 2. The van der Waals surface area contributed by atoms with Gasteiger partial charge in [0.05, 0.1) is 16.0 Å². The van der Waals surface area contributed by atoms with Crippen LogP contribution in [0.5, 0.6) is 5.88 Å². The molecule has 0 aliphatic carbocycles. The highest BCUT2D eigenvalue weighted by Crippen LogP contribution is 2.36. The van der Waals surface area contributed by atoms with Crippen molar-refractivity contribution in [1.29, 1.82) is 0 Å². The van der Waals surface area contributed by atoms with Gasteiger partial charge in [0.25, 0.3) is 5.69 Å². The van der Waals surface area contributed by atoms with Gasteiger partial charge in [-0.15, -0.1) is 0 Å². The number of hydrogen-bond donors (Lipinski definition) is 4. The van der Waals surface area contributed by atoms with Crippen molar-refractivity contribution in [3.8, 4) is 5.88 Å². The molecule has 0 bridgehead atoms. The van der Waals surface area contributed by atoms with E-state index in [0.717, 1.165) is 0 Å². The highest BCUT2D eigenvalue weighted by Gasteiger charge is 2.15. The molecule has 0 aliphatic rings. The average molecular weight is 313 g/mol. The van der Waals surface area contributed by atoms with E-state index in [4.69, 9.17) is 5.11 Å². The van der Waals surface area contributed by atoms with Crippen molar-refractivity contribution in [2.24, 2.45) is 0 Å². The molecule has 0 atom stereocenters. The van der Waals surface area contributed by atoms with Crippen LogP contribution in [0.25, 0.3) is 10.9 Å². The summed E-state index contributed by atoms with van der Waals surface area (Å²) >= 11 is 0. The molecule has 116 valence electrons. The van der Waals surface area contributed by atoms with Crippen LogP contribution in [0.15, 0.2) is 42.5 Å². The Labute approximate surface area is 129 Å². The van der Waals surface area contributed by atoms with Crippen molar-refractivity contribution >= 4 is 33.9 Å². The van der Waals surface area contributed by atoms with E-state index >= 15 is 0 Å². The molecule has 3 rings (SSSR count). The zero-order valence-electron chi connectivity index (χ0n) is 11.6. The van der Waals surface area contributed by atoms with Gasteiger partial charge < -0.3 is 20.5 Å². The first-order valence-corrected chi connectivity index (χ1v) is 6.55. The molecule has 3 aromatic rings. The first-order valence-electron chi connectivity index (χ1n) is 6.55. The van der Waals surface area contributed by atoms with Gasteiger partial charge in [-0.25, -0.2) is 4.79 Å². The summed E-state index contributed by atoms with van der Waals surface area (Å²) in [5, 5.41) is 33.2. The number of benzene rings is 2. The average Bonchev–Trinajstić information content (AvgIpc) is 2.83. The number of hydrogen-bond acceptors (Lipinski definition) is 5. The minimum absolute atomic E-state index is 0.0836. The van der Waals surface area contributed by atoms with Crippen LogP contribution in [0, 0.1) is 10.1 Å². The number of nitro benzene ring substituents is 1. The second-order valence-corrected chi connectivity index (χ2v) is 4.85. The van der Waals surface area contributed by atoms with Crippen LogP contribution in [0.4, 0.5) is 17.1 Å². The maximum atomic E-state index is 11.0. The minimum Gasteiger partial charge on any atom is -0.493 e. The number of carboxylic acids is 1. The second-order valence-electron chi connectivity index (χ2n) is 4.85. The maximum absolute atomic E-state index is 11.0. The lowest BCUT2D eigenvalue weighted by atomic mass is 10.2. The second kappa shape index (κ2) is 5.34. The van der Waals surface area contributed by atoms with Gasteiger partial charge in [0.1, 0.15) is 5.69 Å². The fourth-order valence-corrected chi connectivity index (χ4v) is 2.28. The maximum Gasteiger partial charge on any atom is 0.335 e. The molecule has 8 nitrogen and oxygen atoms in total. The van der Waals surface area contributed by atoms with Gasteiger partial charge >= 0.3 is 5.97 Å². The molecule has 4 N–H and O–H groups in total. The molecule has 0 saturated heterocycles. The Balaban J connectivity index is 2.07. The van der Waals surface area contributed by atoms with Crippen molar-refractivity contribution in [2.75, 3.05) is 5.32 Å². The third-order valence-electron chi connectivity index (χ3n) is 3.35. The third kappa shape index (κ3) is 2.64. The van der Waals surface area contributed by atoms with E-state index < -0.39 is 10.9 Å². The van der Waals surface area contributed by atoms with Crippen LogP contribution >= 0.6 is 0 Å². The fourth-order valence-electron chi connectivity index (χ4n) is 2.28. The molecule has 0 spiro atoms. The Hall–Kier alpha value is -3.55. The summed E-state index contributed by atoms with van der Waals surface area (Å²) < 4.78 is 0. The third-order valence-corrected chi connectivity index (χ3v) is 3.35.